The summed E-state index contributed by atoms with van der Waals surface area (Å²) in [6.07, 6.45) is 4.32. The van der Waals surface area contributed by atoms with Gasteiger partial charge in [0.1, 0.15) is 0 Å². The van der Waals surface area contributed by atoms with Gasteiger partial charge in [0.2, 0.25) is 5.91 Å². The number of aryl methyl sites for hydroxylation is 1. The lowest BCUT2D eigenvalue weighted by Crippen LogP contribution is -2.51. The average Bonchev–Trinajstić information content (AvgIpc) is 2.53. The molecule has 1 fully saturated rings. The summed E-state index contributed by atoms with van der Waals surface area (Å²) in [4.78, 5) is 26.2. The molecule has 0 aliphatic carbocycles. The Morgan fingerprint density at radius 2 is 2.18 bits per heavy atom. The molecule has 2 amide bonds. The number of nitrogens with zero attached hydrogens (tertiary/aromatic N) is 1. The number of carbonyl (C=O) groups excluding carboxylic acids is 2. The standard InChI is InChI=1S/C17H23N3O2/c1-11(18)15-4-2-3-9-20(15)17(22)13-5-7-14-12(10-13)6-8-16(21)19-14/h5,7,10-11,15H,2-4,6,8-9,18H2,1H3,(H,19,21)/t11-,15+/m1/s1. The third-order valence-electron chi connectivity index (χ3n) is 4.66. The number of amides is 2. The zero-order valence-corrected chi connectivity index (χ0v) is 13.0. The number of likely N-dealkylation sites (tertiary alicyclic amines) is 1. The number of nitrogens with one attached hydrogen (secondary N) is 1. The second-order valence-electron chi connectivity index (χ2n) is 6.34. The Kier molecular flexibility index (Phi) is 4.16. The molecule has 22 heavy (non-hydrogen) atoms. The van der Waals surface area contributed by atoms with Gasteiger partial charge in [-0.15, -0.1) is 0 Å². The van der Waals surface area contributed by atoms with Crippen molar-refractivity contribution in [3.05, 3.63) is 29.3 Å². The quantitative estimate of drug-likeness (QED) is 0.876. The molecule has 5 heteroatoms. The second-order valence-corrected chi connectivity index (χ2v) is 6.34. The zero-order valence-electron chi connectivity index (χ0n) is 13.0. The highest BCUT2D eigenvalue weighted by Crippen LogP contribution is 2.26. The van der Waals surface area contributed by atoms with Crippen LogP contribution in [-0.4, -0.2) is 35.3 Å². The van der Waals surface area contributed by atoms with E-state index < -0.39 is 0 Å². The van der Waals surface area contributed by atoms with E-state index in [1.165, 1.54) is 0 Å². The largest absolute Gasteiger partial charge is 0.334 e. The van der Waals surface area contributed by atoms with Crippen molar-refractivity contribution >= 4 is 17.5 Å². The van der Waals surface area contributed by atoms with Crippen LogP contribution in [0.15, 0.2) is 18.2 Å². The van der Waals surface area contributed by atoms with E-state index in [2.05, 4.69) is 5.32 Å². The van der Waals surface area contributed by atoms with E-state index in [9.17, 15) is 9.59 Å². The van der Waals surface area contributed by atoms with Crippen molar-refractivity contribution in [3.8, 4) is 0 Å². The van der Waals surface area contributed by atoms with Crippen LogP contribution in [0.25, 0.3) is 0 Å². The Labute approximate surface area is 130 Å². The highest BCUT2D eigenvalue weighted by atomic mass is 16.2. The number of hydrogen-bond donors (Lipinski definition) is 2. The van der Waals surface area contributed by atoms with Gasteiger partial charge in [0.15, 0.2) is 0 Å². The average molecular weight is 301 g/mol. The van der Waals surface area contributed by atoms with Gasteiger partial charge >= 0.3 is 0 Å². The molecule has 0 radical (unpaired) electrons. The van der Waals surface area contributed by atoms with Crippen molar-refractivity contribution in [2.75, 3.05) is 11.9 Å². The van der Waals surface area contributed by atoms with Crippen LogP contribution < -0.4 is 11.1 Å². The van der Waals surface area contributed by atoms with Gasteiger partial charge in [0.05, 0.1) is 0 Å². The Morgan fingerprint density at radius 3 is 2.95 bits per heavy atom. The molecule has 1 saturated heterocycles. The molecule has 0 spiro atoms. The minimum Gasteiger partial charge on any atom is -0.334 e. The molecule has 2 aliphatic heterocycles. The maximum absolute atomic E-state index is 12.8. The number of hydrogen-bond acceptors (Lipinski definition) is 3. The summed E-state index contributed by atoms with van der Waals surface area (Å²) in [5.74, 6) is 0.0985. The van der Waals surface area contributed by atoms with E-state index in [0.29, 0.717) is 18.4 Å². The lowest BCUT2D eigenvalue weighted by Gasteiger charge is -2.38. The number of anilines is 1. The number of nitrogens with two attached hydrogens (primary N) is 1. The fourth-order valence-electron chi connectivity index (χ4n) is 3.44. The summed E-state index contributed by atoms with van der Waals surface area (Å²) in [6.45, 7) is 2.75. The molecule has 3 N–H and O–H groups in total. The Morgan fingerprint density at radius 1 is 1.36 bits per heavy atom. The summed E-state index contributed by atoms with van der Waals surface area (Å²) in [7, 11) is 0. The summed E-state index contributed by atoms with van der Waals surface area (Å²) in [5.41, 5.74) is 8.63. The van der Waals surface area contributed by atoms with Gasteiger partial charge in [-0.25, -0.2) is 0 Å². The summed E-state index contributed by atoms with van der Waals surface area (Å²) >= 11 is 0. The van der Waals surface area contributed by atoms with Gasteiger partial charge in [0, 0.05) is 36.3 Å². The van der Waals surface area contributed by atoms with Crippen LogP contribution >= 0.6 is 0 Å². The maximum Gasteiger partial charge on any atom is 0.254 e. The van der Waals surface area contributed by atoms with Gasteiger partial charge in [-0.05, 0) is 56.4 Å². The molecule has 0 aromatic heterocycles. The molecule has 0 saturated carbocycles. The van der Waals surface area contributed by atoms with Crippen LogP contribution in [0.2, 0.25) is 0 Å². The van der Waals surface area contributed by atoms with Crippen LogP contribution in [0.5, 0.6) is 0 Å². The van der Waals surface area contributed by atoms with Crippen molar-refractivity contribution in [2.24, 2.45) is 5.73 Å². The molecular formula is C17H23N3O2. The van der Waals surface area contributed by atoms with Crippen LogP contribution in [0.1, 0.15) is 48.5 Å². The van der Waals surface area contributed by atoms with Gasteiger partial charge in [-0.1, -0.05) is 0 Å². The van der Waals surface area contributed by atoms with Crippen LogP contribution in [0.4, 0.5) is 5.69 Å². The molecule has 2 atom stereocenters. The Hall–Kier alpha value is -1.88. The second kappa shape index (κ2) is 6.08. The van der Waals surface area contributed by atoms with E-state index in [1.54, 1.807) is 6.07 Å². The molecule has 0 unspecified atom stereocenters. The first-order chi connectivity index (χ1) is 10.6. The first kappa shape index (κ1) is 15.0. The fourth-order valence-corrected chi connectivity index (χ4v) is 3.44. The molecule has 118 valence electrons. The normalized spacial score (nSPS) is 22.7. The first-order valence-corrected chi connectivity index (χ1v) is 8.05. The molecule has 5 nitrogen and oxygen atoms in total. The molecule has 2 heterocycles. The van der Waals surface area contributed by atoms with Gasteiger partial charge in [-0.2, -0.15) is 0 Å². The van der Waals surface area contributed by atoms with Crippen molar-refractivity contribution < 1.29 is 9.59 Å². The lowest BCUT2D eigenvalue weighted by atomic mass is 9.95. The van der Waals surface area contributed by atoms with Crippen molar-refractivity contribution in [3.63, 3.8) is 0 Å². The smallest absolute Gasteiger partial charge is 0.254 e. The highest BCUT2D eigenvalue weighted by molar-refractivity contribution is 5.98. The van der Waals surface area contributed by atoms with E-state index in [-0.39, 0.29) is 23.9 Å². The molecule has 1 aromatic rings. The Bertz CT molecular complexity index is 598. The molecular weight excluding hydrogens is 278 g/mol. The monoisotopic (exact) mass is 301 g/mol. The van der Waals surface area contributed by atoms with Crippen molar-refractivity contribution in [1.29, 1.82) is 0 Å². The number of fused-ring (bicyclic) bond motifs is 1. The third-order valence-corrected chi connectivity index (χ3v) is 4.66. The number of benzene rings is 1. The van der Waals surface area contributed by atoms with Crippen LogP contribution in [-0.2, 0) is 11.2 Å². The van der Waals surface area contributed by atoms with E-state index in [4.69, 9.17) is 5.73 Å². The third kappa shape index (κ3) is 2.86. The number of carbonyl (C=O) groups is 2. The molecule has 3 rings (SSSR count). The topological polar surface area (TPSA) is 75.4 Å². The summed E-state index contributed by atoms with van der Waals surface area (Å²) in [5, 5.41) is 2.85. The van der Waals surface area contributed by atoms with Crippen molar-refractivity contribution in [1.82, 2.24) is 4.90 Å². The van der Waals surface area contributed by atoms with Crippen LogP contribution in [0, 0.1) is 0 Å². The van der Waals surface area contributed by atoms with Crippen LogP contribution in [0.3, 0.4) is 0 Å². The summed E-state index contributed by atoms with van der Waals surface area (Å²) < 4.78 is 0. The number of rotatable bonds is 2. The van der Waals surface area contributed by atoms with Crippen molar-refractivity contribution in [2.45, 2.75) is 51.1 Å². The SMILES string of the molecule is C[C@@H](N)[C@@H]1CCCCN1C(=O)c1ccc2c(c1)CCC(=O)N2. The van der Waals surface area contributed by atoms with E-state index in [1.807, 2.05) is 24.0 Å². The predicted molar refractivity (Wildman–Crippen MR) is 85.7 cm³/mol. The highest BCUT2D eigenvalue weighted by Gasteiger charge is 2.30. The Balaban J connectivity index is 1.84. The van der Waals surface area contributed by atoms with Gasteiger partial charge in [-0.3, -0.25) is 9.59 Å². The van der Waals surface area contributed by atoms with E-state index >= 15 is 0 Å². The zero-order chi connectivity index (χ0) is 15.7. The minimum atomic E-state index is -0.0128. The lowest BCUT2D eigenvalue weighted by molar-refractivity contribution is -0.116. The van der Waals surface area contributed by atoms with Gasteiger partial charge in [0.25, 0.3) is 5.91 Å². The first-order valence-electron chi connectivity index (χ1n) is 8.05. The molecule has 2 aliphatic rings. The minimum absolute atomic E-state index is 0.0128. The van der Waals surface area contributed by atoms with Gasteiger partial charge < -0.3 is 16.0 Å². The number of piperidine rings is 1. The maximum atomic E-state index is 12.8. The molecule has 1 aromatic carbocycles. The fraction of sp³-hybridized carbons (Fsp3) is 0.529. The molecule has 0 bridgehead atoms. The predicted octanol–water partition coefficient (Wildman–Crippen LogP) is 1.91. The summed E-state index contributed by atoms with van der Waals surface area (Å²) in [6, 6.07) is 5.67. The van der Waals surface area contributed by atoms with E-state index in [0.717, 1.165) is 37.1 Å².